The van der Waals surface area contributed by atoms with Gasteiger partial charge in [0.15, 0.2) is 0 Å². The quantitative estimate of drug-likeness (QED) is 0.787. The predicted octanol–water partition coefficient (Wildman–Crippen LogP) is 4.76. The van der Waals surface area contributed by atoms with Crippen LogP contribution in [-0.2, 0) is 6.42 Å². The topological polar surface area (TPSA) is 21.3 Å². The van der Waals surface area contributed by atoms with Crippen molar-refractivity contribution in [2.75, 3.05) is 13.7 Å². The van der Waals surface area contributed by atoms with Gasteiger partial charge in [0.05, 0.1) is 12.6 Å². The highest BCUT2D eigenvalue weighted by Gasteiger charge is 2.23. The average Bonchev–Trinajstić information content (AvgIpc) is 2.86. The van der Waals surface area contributed by atoms with Crippen molar-refractivity contribution >= 4 is 31.9 Å². The Morgan fingerprint density at radius 3 is 2.57 bits per heavy atom. The Kier molecular flexibility index (Phi) is 4.38. The van der Waals surface area contributed by atoms with Gasteiger partial charge in [0.1, 0.15) is 5.75 Å². The summed E-state index contributed by atoms with van der Waals surface area (Å²) >= 11 is 7.21. The number of halogens is 2. The van der Waals surface area contributed by atoms with Crippen LogP contribution in [0.3, 0.4) is 0 Å². The highest BCUT2D eigenvalue weighted by Crippen LogP contribution is 2.39. The van der Waals surface area contributed by atoms with Crippen molar-refractivity contribution in [3.8, 4) is 5.75 Å². The molecule has 0 radical (unpaired) electrons. The summed E-state index contributed by atoms with van der Waals surface area (Å²) in [5.74, 6) is 1.04. The zero-order valence-electron chi connectivity index (χ0n) is 12.0. The van der Waals surface area contributed by atoms with E-state index in [-0.39, 0.29) is 6.04 Å². The molecular weight excluding hydrogens is 394 g/mol. The van der Waals surface area contributed by atoms with Gasteiger partial charge in [-0.25, -0.2) is 0 Å². The molecule has 4 heteroatoms. The van der Waals surface area contributed by atoms with Crippen LogP contribution in [0.25, 0.3) is 0 Å². The molecule has 0 spiro atoms. The second-order valence-corrected chi connectivity index (χ2v) is 7.20. The second-order valence-electron chi connectivity index (χ2n) is 5.37. The minimum atomic E-state index is 0.116. The molecule has 0 aliphatic carbocycles. The van der Waals surface area contributed by atoms with Crippen LogP contribution >= 0.6 is 31.9 Å². The first kappa shape index (κ1) is 15.1. The zero-order chi connectivity index (χ0) is 15.0. The van der Waals surface area contributed by atoms with E-state index in [4.69, 9.17) is 4.74 Å². The molecule has 1 aliphatic rings. The summed E-state index contributed by atoms with van der Waals surface area (Å²) in [6.45, 7) is 2.88. The first-order valence-corrected chi connectivity index (χ1v) is 8.56. The van der Waals surface area contributed by atoms with E-state index in [0.717, 1.165) is 27.7 Å². The zero-order valence-corrected chi connectivity index (χ0v) is 15.2. The van der Waals surface area contributed by atoms with Gasteiger partial charge in [-0.15, -0.1) is 0 Å². The first-order chi connectivity index (χ1) is 10.1. The second kappa shape index (κ2) is 6.11. The molecule has 0 fully saturated rings. The molecule has 21 heavy (non-hydrogen) atoms. The van der Waals surface area contributed by atoms with Crippen LogP contribution in [-0.4, -0.2) is 13.7 Å². The van der Waals surface area contributed by atoms with Gasteiger partial charge < -0.3 is 10.1 Å². The molecule has 0 aromatic heterocycles. The van der Waals surface area contributed by atoms with Crippen LogP contribution in [0.4, 0.5) is 0 Å². The largest absolute Gasteiger partial charge is 0.493 e. The molecule has 3 rings (SSSR count). The molecular formula is C17H17Br2NO. The maximum Gasteiger partial charge on any atom is 0.127 e. The minimum absolute atomic E-state index is 0.116. The summed E-state index contributed by atoms with van der Waals surface area (Å²) in [6, 6.07) is 10.9. The third-order valence-electron chi connectivity index (χ3n) is 3.77. The van der Waals surface area contributed by atoms with Gasteiger partial charge in [-0.1, -0.05) is 37.9 Å². The van der Waals surface area contributed by atoms with Gasteiger partial charge in [0.25, 0.3) is 0 Å². The van der Waals surface area contributed by atoms with E-state index >= 15 is 0 Å². The third kappa shape index (κ3) is 3.03. The molecule has 110 valence electrons. The lowest BCUT2D eigenvalue weighted by Crippen LogP contribution is -2.18. The van der Waals surface area contributed by atoms with E-state index in [2.05, 4.69) is 74.4 Å². The van der Waals surface area contributed by atoms with Crippen molar-refractivity contribution in [3.63, 3.8) is 0 Å². The molecule has 0 saturated carbocycles. The maximum absolute atomic E-state index is 5.88. The van der Waals surface area contributed by atoms with Crippen molar-refractivity contribution in [3.05, 3.63) is 61.5 Å². The molecule has 0 bridgehead atoms. The van der Waals surface area contributed by atoms with E-state index in [1.807, 2.05) is 7.05 Å². The molecule has 0 saturated heterocycles. The molecule has 0 amide bonds. The summed E-state index contributed by atoms with van der Waals surface area (Å²) in [7, 11) is 1.99. The molecule has 2 nitrogen and oxygen atoms in total. The Hall–Kier alpha value is -0.840. The average molecular weight is 411 g/mol. The summed E-state index contributed by atoms with van der Waals surface area (Å²) in [6.07, 6.45) is 0.982. The van der Waals surface area contributed by atoms with Crippen molar-refractivity contribution in [1.29, 1.82) is 0 Å². The number of benzene rings is 2. The fourth-order valence-corrected chi connectivity index (χ4v) is 4.09. The van der Waals surface area contributed by atoms with Gasteiger partial charge in [-0.3, -0.25) is 0 Å². The smallest absolute Gasteiger partial charge is 0.127 e. The van der Waals surface area contributed by atoms with Crippen LogP contribution in [0.2, 0.25) is 0 Å². The number of hydrogen-bond acceptors (Lipinski definition) is 2. The van der Waals surface area contributed by atoms with E-state index in [9.17, 15) is 0 Å². The summed E-state index contributed by atoms with van der Waals surface area (Å²) in [5, 5.41) is 3.42. The Balaban J connectivity index is 2.12. The molecule has 2 aromatic carbocycles. The number of ether oxygens (including phenoxy) is 1. The number of nitrogens with one attached hydrogen (secondary N) is 1. The first-order valence-electron chi connectivity index (χ1n) is 6.98. The van der Waals surface area contributed by atoms with E-state index < -0.39 is 0 Å². The molecule has 1 heterocycles. The van der Waals surface area contributed by atoms with Crippen LogP contribution in [0.15, 0.2) is 39.3 Å². The minimum Gasteiger partial charge on any atom is -0.493 e. The summed E-state index contributed by atoms with van der Waals surface area (Å²) in [4.78, 5) is 0. The van der Waals surface area contributed by atoms with Gasteiger partial charge in [0.2, 0.25) is 0 Å². The standard InChI is InChI=1S/C17H17Br2NO/c1-10-5-12(8-13(18)6-10)16(20-2)15-9-14(19)7-11-3-4-21-17(11)15/h5-9,16,20H,3-4H2,1-2H3. The van der Waals surface area contributed by atoms with E-state index in [1.54, 1.807) is 0 Å². The molecule has 1 aliphatic heterocycles. The lowest BCUT2D eigenvalue weighted by molar-refractivity contribution is 0.351. The van der Waals surface area contributed by atoms with Gasteiger partial charge in [-0.2, -0.15) is 0 Å². The Labute approximate surface area is 142 Å². The molecule has 1 N–H and O–H groups in total. The highest BCUT2D eigenvalue weighted by molar-refractivity contribution is 9.10. The Bertz CT molecular complexity index is 664. The summed E-state index contributed by atoms with van der Waals surface area (Å²) < 4.78 is 8.08. The van der Waals surface area contributed by atoms with Crippen molar-refractivity contribution in [2.24, 2.45) is 0 Å². The van der Waals surface area contributed by atoms with E-state index in [1.165, 1.54) is 22.3 Å². The molecule has 2 aromatic rings. The number of rotatable bonds is 3. The van der Waals surface area contributed by atoms with Gasteiger partial charge in [-0.05, 0) is 54.9 Å². The number of fused-ring (bicyclic) bond motifs is 1. The lowest BCUT2D eigenvalue weighted by atomic mass is 9.95. The number of hydrogen-bond donors (Lipinski definition) is 1. The normalized spacial score (nSPS) is 14.7. The van der Waals surface area contributed by atoms with Gasteiger partial charge >= 0.3 is 0 Å². The third-order valence-corrected chi connectivity index (χ3v) is 4.69. The predicted molar refractivity (Wildman–Crippen MR) is 93.1 cm³/mol. The van der Waals surface area contributed by atoms with Crippen LogP contribution in [0, 0.1) is 6.92 Å². The van der Waals surface area contributed by atoms with Crippen LogP contribution < -0.4 is 10.1 Å². The fraction of sp³-hybridized carbons (Fsp3) is 0.294. The van der Waals surface area contributed by atoms with Crippen LogP contribution in [0.1, 0.15) is 28.3 Å². The SMILES string of the molecule is CNC(c1cc(C)cc(Br)c1)c1cc(Br)cc2c1OCC2. The molecule has 1 unspecified atom stereocenters. The Morgan fingerprint density at radius 1 is 1.10 bits per heavy atom. The monoisotopic (exact) mass is 409 g/mol. The fourth-order valence-electron chi connectivity index (χ4n) is 2.95. The van der Waals surface area contributed by atoms with Crippen LogP contribution in [0.5, 0.6) is 5.75 Å². The lowest BCUT2D eigenvalue weighted by Gasteiger charge is -2.21. The summed E-state index contributed by atoms with van der Waals surface area (Å²) in [5.41, 5.74) is 4.95. The maximum atomic E-state index is 5.88. The van der Waals surface area contributed by atoms with Crippen molar-refractivity contribution in [2.45, 2.75) is 19.4 Å². The van der Waals surface area contributed by atoms with Gasteiger partial charge in [0, 0.05) is 20.9 Å². The molecule has 1 atom stereocenters. The Morgan fingerprint density at radius 2 is 1.86 bits per heavy atom. The highest BCUT2D eigenvalue weighted by atomic mass is 79.9. The van der Waals surface area contributed by atoms with E-state index in [0.29, 0.717) is 0 Å². The number of aryl methyl sites for hydroxylation is 1. The van der Waals surface area contributed by atoms with Crippen molar-refractivity contribution < 1.29 is 4.74 Å². The van der Waals surface area contributed by atoms with Crippen molar-refractivity contribution in [1.82, 2.24) is 5.32 Å².